The van der Waals surface area contributed by atoms with Gasteiger partial charge in [0.1, 0.15) is 18.5 Å². The number of alkyl halides is 3. The van der Waals surface area contributed by atoms with Crippen LogP contribution in [0.1, 0.15) is 21.9 Å². The molecule has 1 aliphatic rings. The lowest BCUT2D eigenvalue weighted by Crippen LogP contribution is -2.47. The van der Waals surface area contributed by atoms with Gasteiger partial charge in [0.15, 0.2) is 10.9 Å². The summed E-state index contributed by atoms with van der Waals surface area (Å²) < 4.78 is 55.0. The van der Waals surface area contributed by atoms with Gasteiger partial charge in [0.2, 0.25) is 5.76 Å². The number of furan rings is 1. The third-order valence-electron chi connectivity index (χ3n) is 3.92. The van der Waals surface area contributed by atoms with Gasteiger partial charge < -0.3 is 18.8 Å². The summed E-state index contributed by atoms with van der Waals surface area (Å²) in [6.07, 6.45) is -3.75. The van der Waals surface area contributed by atoms with Crippen molar-refractivity contribution in [3.63, 3.8) is 0 Å². The maximum atomic E-state index is 13.1. The number of aromatic nitrogens is 1. The summed E-state index contributed by atoms with van der Waals surface area (Å²) in [6, 6.07) is 4.38. The van der Waals surface area contributed by atoms with Crippen molar-refractivity contribution < 1.29 is 31.9 Å². The molecule has 3 heterocycles. The first kappa shape index (κ1) is 19.5. The van der Waals surface area contributed by atoms with Crippen LogP contribution in [0.5, 0.6) is 5.75 Å². The SMILES string of the molecule is Cc1cc(C(=O)N2CCOC(COc3cccnc3Cl)C2)c(C(F)(F)F)o1. The van der Waals surface area contributed by atoms with Crippen molar-refractivity contribution in [3.05, 3.63) is 46.6 Å². The zero-order valence-corrected chi connectivity index (χ0v) is 15.0. The summed E-state index contributed by atoms with van der Waals surface area (Å²) in [6.45, 7) is 1.87. The first-order valence-corrected chi connectivity index (χ1v) is 8.45. The van der Waals surface area contributed by atoms with E-state index >= 15 is 0 Å². The highest BCUT2D eigenvalue weighted by Crippen LogP contribution is 2.34. The van der Waals surface area contributed by atoms with Gasteiger partial charge in [-0.05, 0) is 25.1 Å². The standard InChI is InChI=1S/C17H16ClF3N2O4/c1-10-7-12(14(27-10)17(19,20)21)16(24)23-5-6-25-11(8-23)9-26-13-3-2-4-22-15(13)18/h2-4,7,11H,5-6,8-9H2,1H3. The van der Waals surface area contributed by atoms with Crippen molar-refractivity contribution in [2.75, 3.05) is 26.3 Å². The van der Waals surface area contributed by atoms with Crippen LogP contribution in [0.4, 0.5) is 13.2 Å². The smallest absolute Gasteiger partial charge is 0.450 e. The molecule has 3 rings (SSSR count). The van der Waals surface area contributed by atoms with Crippen molar-refractivity contribution in [1.82, 2.24) is 9.88 Å². The fourth-order valence-electron chi connectivity index (χ4n) is 2.72. The lowest BCUT2D eigenvalue weighted by atomic mass is 10.1. The number of carbonyl (C=O) groups excluding carboxylic acids is 1. The molecular formula is C17H16ClF3N2O4. The fourth-order valence-corrected chi connectivity index (χ4v) is 2.89. The van der Waals surface area contributed by atoms with E-state index in [-0.39, 0.29) is 37.2 Å². The van der Waals surface area contributed by atoms with Crippen LogP contribution < -0.4 is 4.74 Å². The molecule has 0 saturated carbocycles. The molecule has 146 valence electrons. The zero-order valence-electron chi connectivity index (χ0n) is 14.3. The predicted molar refractivity (Wildman–Crippen MR) is 88.8 cm³/mol. The number of rotatable bonds is 4. The molecule has 27 heavy (non-hydrogen) atoms. The Morgan fingerprint density at radius 2 is 2.26 bits per heavy atom. The Hall–Kier alpha value is -2.26. The average molecular weight is 405 g/mol. The minimum atomic E-state index is -4.74. The number of amides is 1. The van der Waals surface area contributed by atoms with E-state index in [4.69, 9.17) is 21.1 Å². The van der Waals surface area contributed by atoms with Crippen LogP contribution >= 0.6 is 11.6 Å². The summed E-state index contributed by atoms with van der Waals surface area (Å²) in [4.78, 5) is 17.8. The second kappa shape index (κ2) is 7.77. The average Bonchev–Trinajstić information content (AvgIpc) is 3.03. The van der Waals surface area contributed by atoms with Crippen LogP contribution in [0.3, 0.4) is 0 Å². The Labute approximate surface area is 157 Å². The van der Waals surface area contributed by atoms with Crippen LogP contribution in [-0.2, 0) is 10.9 Å². The zero-order chi connectivity index (χ0) is 19.6. The molecule has 1 unspecified atom stereocenters. The van der Waals surface area contributed by atoms with Gasteiger partial charge in [-0.2, -0.15) is 13.2 Å². The van der Waals surface area contributed by atoms with Crippen molar-refractivity contribution in [1.29, 1.82) is 0 Å². The van der Waals surface area contributed by atoms with Gasteiger partial charge in [-0.15, -0.1) is 0 Å². The van der Waals surface area contributed by atoms with E-state index in [1.165, 1.54) is 18.0 Å². The Balaban J connectivity index is 1.68. The van der Waals surface area contributed by atoms with E-state index in [2.05, 4.69) is 9.40 Å². The molecule has 1 amide bonds. The third-order valence-corrected chi connectivity index (χ3v) is 4.20. The summed E-state index contributed by atoms with van der Waals surface area (Å²) in [7, 11) is 0. The predicted octanol–water partition coefficient (Wildman–Crippen LogP) is 3.58. The first-order valence-electron chi connectivity index (χ1n) is 8.07. The van der Waals surface area contributed by atoms with Gasteiger partial charge in [0.05, 0.1) is 18.7 Å². The minimum Gasteiger partial charge on any atom is -0.488 e. The Morgan fingerprint density at radius 1 is 1.48 bits per heavy atom. The highest BCUT2D eigenvalue weighted by Gasteiger charge is 2.41. The van der Waals surface area contributed by atoms with E-state index < -0.39 is 29.5 Å². The number of halogens is 4. The molecule has 10 heteroatoms. The normalized spacial score (nSPS) is 17.8. The maximum absolute atomic E-state index is 13.1. The molecule has 0 N–H and O–H groups in total. The van der Waals surface area contributed by atoms with E-state index in [0.717, 1.165) is 6.07 Å². The van der Waals surface area contributed by atoms with Crippen molar-refractivity contribution in [2.24, 2.45) is 0 Å². The maximum Gasteiger partial charge on any atom is 0.450 e. The number of aryl methyl sites for hydroxylation is 1. The largest absolute Gasteiger partial charge is 0.488 e. The van der Waals surface area contributed by atoms with Crippen LogP contribution in [0.25, 0.3) is 0 Å². The number of ether oxygens (including phenoxy) is 2. The second-order valence-electron chi connectivity index (χ2n) is 5.94. The summed E-state index contributed by atoms with van der Waals surface area (Å²) in [5, 5.41) is 0.185. The van der Waals surface area contributed by atoms with Crippen molar-refractivity contribution in [2.45, 2.75) is 19.2 Å². The van der Waals surface area contributed by atoms with Crippen molar-refractivity contribution in [3.8, 4) is 5.75 Å². The third kappa shape index (κ3) is 4.54. The Kier molecular flexibility index (Phi) is 5.61. The van der Waals surface area contributed by atoms with Gasteiger partial charge >= 0.3 is 6.18 Å². The number of hydrogen-bond donors (Lipinski definition) is 0. The molecule has 0 aliphatic carbocycles. The minimum absolute atomic E-state index is 0.0186. The molecule has 1 atom stereocenters. The van der Waals surface area contributed by atoms with Crippen LogP contribution in [0.2, 0.25) is 5.15 Å². The molecule has 0 radical (unpaired) electrons. The molecule has 0 bridgehead atoms. The summed E-state index contributed by atoms with van der Waals surface area (Å²) in [5.74, 6) is -1.67. The number of morpholine rings is 1. The number of nitrogens with zero attached hydrogens (tertiary/aromatic N) is 2. The Morgan fingerprint density at radius 3 is 2.96 bits per heavy atom. The Bertz CT molecular complexity index is 825. The lowest BCUT2D eigenvalue weighted by molar-refractivity contribution is -0.153. The van der Waals surface area contributed by atoms with Gasteiger partial charge in [0, 0.05) is 12.7 Å². The van der Waals surface area contributed by atoms with E-state index in [0.29, 0.717) is 5.75 Å². The number of carbonyl (C=O) groups is 1. The van der Waals surface area contributed by atoms with E-state index in [1.54, 1.807) is 12.1 Å². The van der Waals surface area contributed by atoms with Gasteiger partial charge in [-0.1, -0.05) is 11.6 Å². The van der Waals surface area contributed by atoms with Crippen LogP contribution in [-0.4, -0.2) is 48.2 Å². The number of hydrogen-bond acceptors (Lipinski definition) is 5. The molecule has 0 aromatic carbocycles. The van der Waals surface area contributed by atoms with Gasteiger partial charge in [0.25, 0.3) is 5.91 Å². The monoisotopic (exact) mass is 404 g/mol. The quantitative estimate of drug-likeness (QED) is 0.729. The topological polar surface area (TPSA) is 64.8 Å². The van der Waals surface area contributed by atoms with E-state index in [9.17, 15) is 18.0 Å². The molecule has 2 aromatic rings. The molecule has 0 spiro atoms. The van der Waals surface area contributed by atoms with Crippen LogP contribution in [0, 0.1) is 6.92 Å². The first-order chi connectivity index (χ1) is 12.8. The molecule has 6 nitrogen and oxygen atoms in total. The highest BCUT2D eigenvalue weighted by molar-refractivity contribution is 6.30. The molecule has 1 fully saturated rings. The van der Waals surface area contributed by atoms with Gasteiger partial charge in [-0.25, -0.2) is 4.98 Å². The van der Waals surface area contributed by atoms with E-state index in [1.807, 2.05) is 0 Å². The number of pyridine rings is 1. The molecule has 2 aromatic heterocycles. The molecular weight excluding hydrogens is 389 g/mol. The summed E-state index contributed by atoms with van der Waals surface area (Å²) >= 11 is 5.91. The molecule has 1 aliphatic heterocycles. The highest BCUT2D eigenvalue weighted by atomic mass is 35.5. The second-order valence-corrected chi connectivity index (χ2v) is 6.30. The summed E-state index contributed by atoms with van der Waals surface area (Å²) in [5.41, 5.74) is -0.503. The van der Waals surface area contributed by atoms with Crippen LogP contribution in [0.15, 0.2) is 28.8 Å². The van der Waals surface area contributed by atoms with Gasteiger partial charge in [-0.3, -0.25) is 4.79 Å². The molecule has 1 saturated heterocycles. The van der Waals surface area contributed by atoms with Crippen molar-refractivity contribution >= 4 is 17.5 Å². The lowest BCUT2D eigenvalue weighted by Gasteiger charge is -2.32. The fraction of sp³-hybridized carbons (Fsp3) is 0.412.